The number of allylic oxidation sites excluding steroid dienone is 1. The van der Waals surface area contributed by atoms with Crippen molar-refractivity contribution in [3.8, 4) is 17.2 Å². The van der Waals surface area contributed by atoms with E-state index in [0.717, 1.165) is 6.42 Å². The van der Waals surface area contributed by atoms with Crippen LogP contribution >= 0.6 is 0 Å². The first-order valence-electron chi connectivity index (χ1n) is 9.84. The number of hydrogen-bond acceptors (Lipinski definition) is 7. The van der Waals surface area contributed by atoms with E-state index in [1.807, 2.05) is 19.1 Å². The van der Waals surface area contributed by atoms with E-state index >= 15 is 0 Å². The van der Waals surface area contributed by atoms with Crippen LogP contribution in [0.4, 0.5) is 0 Å². The summed E-state index contributed by atoms with van der Waals surface area (Å²) in [6, 6.07) is 12.9. The molecule has 2 aromatic carbocycles. The topological polar surface area (TPSA) is 92.0 Å². The van der Waals surface area contributed by atoms with Crippen LogP contribution in [0.1, 0.15) is 37.0 Å². The number of fused-ring (bicyclic) bond motifs is 1. The van der Waals surface area contributed by atoms with Crippen molar-refractivity contribution in [3.05, 3.63) is 76.7 Å². The maximum atomic E-state index is 12.7. The molecule has 0 unspecified atom stereocenters. The molecule has 0 atom stereocenters. The molecule has 0 saturated carbocycles. The molecular weight excluding hydrogens is 400 g/mol. The van der Waals surface area contributed by atoms with Gasteiger partial charge >= 0.3 is 17.6 Å². The van der Waals surface area contributed by atoms with Gasteiger partial charge in [-0.05, 0) is 37.1 Å². The first kappa shape index (κ1) is 21.8. The molecule has 0 saturated heterocycles. The van der Waals surface area contributed by atoms with Gasteiger partial charge < -0.3 is 18.6 Å². The van der Waals surface area contributed by atoms with Gasteiger partial charge in [-0.1, -0.05) is 43.3 Å². The van der Waals surface area contributed by atoms with E-state index in [0.29, 0.717) is 6.42 Å². The largest absolute Gasteiger partial charge is 0.484 e. The Balaban J connectivity index is 2.11. The van der Waals surface area contributed by atoms with Gasteiger partial charge in [0.25, 0.3) is 0 Å². The number of carbonyl (C=O) groups is 2. The van der Waals surface area contributed by atoms with Crippen molar-refractivity contribution >= 4 is 22.9 Å². The zero-order valence-electron chi connectivity index (χ0n) is 17.3. The van der Waals surface area contributed by atoms with E-state index < -0.39 is 17.6 Å². The standard InChI is InChI=1S/C24H22O7/c1-3-4-5-9-15-28-22-21(31-23(26)17-11-7-6-8-12-17)20-18(29-16(2)25)13-10-14-19(20)30-24(22)27/h4-8,10-14H,3,9,15H2,1-2H3/b5-4+. The van der Waals surface area contributed by atoms with Crippen LogP contribution in [0.15, 0.2) is 69.9 Å². The van der Waals surface area contributed by atoms with Crippen molar-refractivity contribution in [2.75, 3.05) is 6.61 Å². The summed E-state index contributed by atoms with van der Waals surface area (Å²) in [4.78, 5) is 36.9. The Labute approximate surface area is 178 Å². The molecule has 0 radical (unpaired) electrons. The fourth-order valence-corrected chi connectivity index (χ4v) is 2.87. The minimum absolute atomic E-state index is 0.0836. The number of rotatable bonds is 8. The van der Waals surface area contributed by atoms with E-state index in [2.05, 4.69) is 0 Å². The smallest absolute Gasteiger partial charge is 0.383 e. The maximum Gasteiger partial charge on any atom is 0.383 e. The summed E-state index contributed by atoms with van der Waals surface area (Å²) >= 11 is 0. The average molecular weight is 422 g/mol. The van der Waals surface area contributed by atoms with Crippen molar-refractivity contribution in [2.45, 2.75) is 26.7 Å². The molecule has 0 aliphatic heterocycles. The second-order valence-electron chi connectivity index (χ2n) is 6.54. The summed E-state index contributed by atoms with van der Waals surface area (Å²) in [6.45, 7) is 3.41. The van der Waals surface area contributed by atoms with Crippen LogP contribution in [0.25, 0.3) is 11.0 Å². The normalized spacial score (nSPS) is 10.9. The van der Waals surface area contributed by atoms with Crippen molar-refractivity contribution in [3.63, 3.8) is 0 Å². The summed E-state index contributed by atoms with van der Waals surface area (Å²) in [5, 5.41) is 0.153. The molecule has 0 aliphatic carbocycles. The van der Waals surface area contributed by atoms with Crippen LogP contribution in [-0.2, 0) is 4.79 Å². The summed E-state index contributed by atoms with van der Waals surface area (Å²) < 4.78 is 21.8. The lowest BCUT2D eigenvalue weighted by Gasteiger charge is -2.14. The Morgan fingerprint density at radius 3 is 2.45 bits per heavy atom. The minimum atomic E-state index is -0.803. The Bertz CT molecular complexity index is 1160. The first-order chi connectivity index (χ1) is 15.0. The van der Waals surface area contributed by atoms with Crippen molar-refractivity contribution < 1.29 is 28.2 Å². The molecule has 0 fully saturated rings. The molecular formula is C24H22O7. The Morgan fingerprint density at radius 1 is 0.968 bits per heavy atom. The highest BCUT2D eigenvalue weighted by Gasteiger charge is 2.24. The number of carbonyl (C=O) groups excluding carboxylic acids is 2. The lowest BCUT2D eigenvalue weighted by Crippen LogP contribution is -2.15. The molecule has 7 nitrogen and oxygen atoms in total. The number of esters is 2. The second kappa shape index (κ2) is 10.2. The molecule has 0 bridgehead atoms. The van der Waals surface area contributed by atoms with Gasteiger partial charge in [-0.15, -0.1) is 0 Å². The number of ether oxygens (including phenoxy) is 3. The summed E-state index contributed by atoms with van der Waals surface area (Å²) in [7, 11) is 0. The minimum Gasteiger partial charge on any atom is -0.484 e. The Hall–Kier alpha value is -3.87. The highest BCUT2D eigenvalue weighted by molar-refractivity contribution is 5.98. The van der Waals surface area contributed by atoms with E-state index in [1.165, 1.54) is 19.1 Å². The van der Waals surface area contributed by atoms with Crippen LogP contribution in [0.2, 0.25) is 0 Å². The second-order valence-corrected chi connectivity index (χ2v) is 6.54. The third-order valence-corrected chi connectivity index (χ3v) is 4.20. The van der Waals surface area contributed by atoms with Gasteiger partial charge in [-0.3, -0.25) is 4.79 Å². The molecule has 3 rings (SSSR count). The fourth-order valence-electron chi connectivity index (χ4n) is 2.87. The predicted octanol–water partition coefficient (Wildman–Crippen LogP) is 4.67. The third kappa shape index (κ3) is 5.39. The van der Waals surface area contributed by atoms with E-state index in [-0.39, 0.29) is 40.4 Å². The van der Waals surface area contributed by atoms with Crippen molar-refractivity contribution in [1.29, 1.82) is 0 Å². The van der Waals surface area contributed by atoms with Crippen LogP contribution < -0.4 is 19.8 Å². The molecule has 1 aromatic heterocycles. The third-order valence-electron chi connectivity index (χ3n) is 4.20. The molecule has 3 aromatic rings. The summed E-state index contributed by atoms with van der Waals surface area (Å²) in [5.74, 6) is -1.61. The Kier molecular flexibility index (Phi) is 7.22. The van der Waals surface area contributed by atoms with Gasteiger partial charge in [0.15, 0.2) is 5.75 Å². The SMILES string of the molecule is CC/C=C/CCOc1c(OC(=O)c2ccccc2)c2c(OC(C)=O)cccc2oc1=O. The lowest BCUT2D eigenvalue weighted by atomic mass is 10.2. The Morgan fingerprint density at radius 2 is 1.74 bits per heavy atom. The highest BCUT2D eigenvalue weighted by atomic mass is 16.6. The van der Waals surface area contributed by atoms with Crippen LogP contribution in [0.5, 0.6) is 17.2 Å². The van der Waals surface area contributed by atoms with Gasteiger partial charge in [0.05, 0.1) is 12.2 Å². The molecule has 7 heteroatoms. The van der Waals surface area contributed by atoms with Crippen LogP contribution in [0.3, 0.4) is 0 Å². The maximum absolute atomic E-state index is 12.7. The zero-order valence-corrected chi connectivity index (χ0v) is 17.3. The number of hydrogen-bond donors (Lipinski definition) is 0. The monoisotopic (exact) mass is 422 g/mol. The summed E-state index contributed by atoms with van der Waals surface area (Å²) in [6.07, 6.45) is 5.32. The molecule has 31 heavy (non-hydrogen) atoms. The van der Waals surface area contributed by atoms with E-state index in [1.54, 1.807) is 36.4 Å². The average Bonchev–Trinajstić information content (AvgIpc) is 2.75. The molecule has 0 aliphatic rings. The predicted molar refractivity (Wildman–Crippen MR) is 115 cm³/mol. The van der Waals surface area contributed by atoms with Crippen molar-refractivity contribution in [1.82, 2.24) is 0 Å². The fraction of sp³-hybridized carbons (Fsp3) is 0.208. The molecule has 160 valence electrons. The highest BCUT2D eigenvalue weighted by Crippen LogP contribution is 2.39. The van der Waals surface area contributed by atoms with Gasteiger partial charge in [-0.25, -0.2) is 9.59 Å². The lowest BCUT2D eigenvalue weighted by molar-refractivity contribution is -0.131. The van der Waals surface area contributed by atoms with Crippen molar-refractivity contribution in [2.24, 2.45) is 0 Å². The van der Waals surface area contributed by atoms with Gasteiger partial charge in [0.1, 0.15) is 16.7 Å². The van der Waals surface area contributed by atoms with E-state index in [4.69, 9.17) is 18.6 Å². The molecule has 0 amide bonds. The van der Waals surface area contributed by atoms with Gasteiger partial charge in [0.2, 0.25) is 5.75 Å². The molecule has 1 heterocycles. The van der Waals surface area contributed by atoms with Gasteiger partial charge in [0, 0.05) is 6.92 Å². The number of benzene rings is 2. The van der Waals surface area contributed by atoms with E-state index in [9.17, 15) is 14.4 Å². The van der Waals surface area contributed by atoms with Crippen LogP contribution in [-0.4, -0.2) is 18.5 Å². The summed E-state index contributed by atoms with van der Waals surface area (Å²) in [5.41, 5.74) is -0.425. The first-order valence-corrected chi connectivity index (χ1v) is 9.84. The zero-order chi connectivity index (χ0) is 22.2. The molecule has 0 spiro atoms. The quantitative estimate of drug-likeness (QED) is 0.171. The molecule has 0 N–H and O–H groups in total. The van der Waals surface area contributed by atoms with Crippen LogP contribution in [0, 0.1) is 0 Å². The van der Waals surface area contributed by atoms with Gasteiger partial charge in [-0.2, -0.15) is 0 Å².